The Morgan fingerprint density at radius 1 is 1.42 bits per heavy atom. The van der Waals surface area contributed by atoms with E-state index < -0.39 is 11.7 Å². The van der Waals surface area contributed by atoms with Crippen molar-refractivity contribution in [1.29, 1.82) is 0 Å². The molecule has 0 radical (unpaired) electrons. The number of hydrogen-bond donors (Lipinski definition) is 0. The molecule has 7 heteroatoms. The van der Waals surface area contributed by atoms with E-state index in [-0.39, 0.29) is 35.5 Å². The fraction of sp³-hybridized carbons (Fsp3) is 0.417. The van der Waals surface area contributed by atoms with Crippen LogP contribution in [0.25, 0.3) is 0 Å². The molecule has 1 saturated heterocycles. The van der Waals surface area contributed by atoms with Gasteiger partial charge in [0, 0.05) is 23.3 Å². The number of benzene rings is 1. The first-order chi connectivity index (χ1) is 8.82. The van der Waals surface area contributed by atoms with Crippen molar-refractivity contribution in [2.75, 3.05) is 16.8 Å². The topological polar surface area (TPSA) is 20.3 Å². The van der Waals surface area contributed by atoms with Crippen molar-refractivity contribution in [2.45, 2.75) is 12.6 Å². The highest BCUT2D eigenvalue weighted by Crippen LogP contribution is 2.40. The summed E-state index contributed by atoms with van der Waals surface area (Å²) >= 11 is 9.00. The van der Waals surface area contributed by atoms with Crippen molar-refractivity contribution < 1.29 is 18.0 Å². The third kappa shape index (κ3) is 3.05. The van der Waals surface area contributed by atoms with Gasteiger partial charge in [0.05, 0.1) is 11.3 Å². The molecule has 1 fully saturated rings. The summed E-state index contributed by atoms with van der Waals surface area (Å²) in [6, 6.07) is 3.28. The van der Waals surface area contributed by atoms with Crippen LogP contribution < -0.4 is 4.90 Å². The number of carbonyl (C=O) groups excluding carboxylic acids is 1. The summed E-state index contributed by atoms with van der Waals surface area (Å²) < 4.78 is 38.8. The predicted octanol–water partition coefficient (Wildman–Crippen LogP) is 4.11. The maximum Gasteiger partial charge on any atom is 0.418 e. The zero-order chi connectivity index (χ0) is 14.2. The first-order valence-electron chi connectivity index (χ1n) is 5.56. The molecule has 1 aromatic rings. The van der Waals surface area contributed by atoms with Crippen LogP contribution in [0.3, 0.4) is 0 Å². The number of halogens is 5. The second kappa shape index (κ2) is 5.32. The summed E-state index contributed by atoms with van der Waals surface area (Å²) in [5.74, 6) is -0.287. The fourth-order valence-corrected chi connectivity index (χ4v) is 2.69. The molecule has 1 unspecified atom stereocenters. The summed E-state index contributed by atoms with van der Waals surface area (Å²) in [5, 5.41) is 0.759. The van der Waals surface area contributed by atoms with E-state index in [1.807, 2.05) is 0 Å². The summed E-state index contributed by atoms with van der Waals surface area (Å²) in [6.07, 6.45) is -4.26. The molecule has 2 rings (SSSR count). The standard InChI is InChI=1S/C12H10BrClF3NO/c13-5-7-3-11(19)18(6-7)10-4-8(14)1-2-9(10)12(15,16)17/h1-2,4,7H,3,5-6H2. The van der Waals surface area contributed by atoms with Crippen LogP contribution >= 0.6 is 27.5 Å². The van der Waals surface area contributed by atoms with Gasteiger partial charge in [-0.15, -0.1) is 0 Å². The van der Waals surface area contributed by atoms with Crippen LogP contribution in [-0.4, -0.2) is 17.8 Å². The smallest absolute Gasteiger partial charge is 0.311 e. The van der Waals surface area contributed by atoms with E-state index in [2.05, 4.69) is 15.9 Å². The Morgan fingerprint density at radius 2 is 2.11 bits per heavy atom. The lowest BCUT2D eigenvalue weighted by Gasteiger charge is -2.21. The Bertz CT molecular complexity index is 506. The Morgan fingerprint density at radius 3 is 2.63 bits per heavy atom. The second-order valence-electron chi connectivity index (χ2n) is 4.39. The zero-order valence-electron chi connectivity index (χ0n) is 9.68. The normalized spacial score (nSPS) is 20.2. The first-order valence-corrected chi connectivity index (χ1v) is 7.06. The number of rotatable bonds is 2. The van der Waals surface area contributed by atoms with Gasteiger partial charge in [0.2, 0.25) is 5.91 Å². The van der Waals surface area contributed by atoms with Crippen LogP contribution in [0.5, 0.6) is 0 Å². The largest absolute Gasteiger partial charge is 0.418 e. The van der Waals surface area contributed by atoms with Crippen LogP contribution in [0.15, 0.2) is 18.2 Å². The number of anilines is 1. The van der Waals surface area contributed by atoms with Gasteiger partial charge < -0.3 is 4.90 Å². The number of nitrogens with zero attached hydrogens (tertiary/aromatic N) is 1. The summed E-state index contributed by atoms with van der Waals surface area (Å²) in [5.41, 5.74) is -0.992. The van der Waals surface area contributed by atoms with E-state index in [1.165, 1.54) is 17.0 Å². The van der Waals surface area contributed by atoms with Gasteiger partial charge in [-0.1, -0.05) is 27.5 Å². The van der Waals surface area contributed by atoms with Crippen molar-refractivity contribution in [3.8, 4) is 0 Å². The van der Waals surface area contributed by atoms with Crippen LogP contribution in [0.2, 0.25) is 5.02 Å². The van der Waals surface area contributed by atoms with E-state index >= 15 is 0 Å². The number of hydrogen-bond acceptors (Lipinski definition) is 1. The highest BCUT2D eigenvalue weighted by molar-refractivity contribution is 9.09. The average molecular weight is 357 g/mol. The number of amides is 1. The van der Waals surface area contributed by atoms with Crippen molar-refractivity contribution >= 4 is 39.1 Å². The summed E-state index contributed by atoms with van der Waals surface area (Å²) in [7, 11) is 0. The molecular weight excluding hydrogens is 346 g/mol. The minimum Gasteiger partial charge on any atom is -0.311 e. The van der Waals surface area contributed by atoms with E-state index in [9.17, 15) is 18.0 Å². The Balaban J connectivity index is 2.44. The van der Waals surface area contributed by atoms with Gasteiger partial charge in [0.15, 0.2) is 0 Å². The molecule has 2 nitrogen and oxygen atoms in total. The molecule has 0 aromatic heterocycles. The highest BCUT2D eigenvalue weighted by Gasteiger charge is 2.38. The van der Waals surface area contributed by atoms with Gasteiger partial charge >= 0.3 is 6.18 Å². The molecule has 104 valence electrons. The average Bonchev–Trinajstić information content (AvgIpc) is 2.68. The zero-order valence-corrected chi connectivity index (χ0v) is 12.0. The Labute approximate surface area is 121 Å². The van der Waals surface area contributed by atoms with Gasteiger partial charge in [-0.05, 0) is 24.1 Å². The Hall–Kier alpha value is -0.750. The highest BCUT2D eigenvalue weighted by atomic mass is 79.9. The molecule has 1 heterocycles. The second-order valence-corrected chi connectivity index (χ2v) is 5.47. The minimum absolute atomic E-state index is 0.0209. The third-order valence-electron chi connectivity index (χ3n) is 2.98. The molecule has 0 bridgehead atoms. The van der Waals surface area contributed by atoms with E-state index in [0.717, 1.165) is 6.07 Å². The molecule has 0 saturated carbocycles. The quantitative estimate of drug-likeness (QED) is 0.730. The third-order valence-corrected chi connectivity index (χ3v) is 4.13. The van der Waals surface area contributed by atoms with Crippen LogP contribution in [0.1, 0.15) is 12.0 Å². The first kappa shape index (κ1) is 14.7. The maximum atomic E-state index is 12.9. The molecular formula is C12H10BrClF3NO. The Kier molecular flexibility index (Phi) is 4.11. The van der Waals surface area contributed by atoms with Crippen LogP contribution in [-0.2, 0) is 11.0 Å². The fourth-order valence-electron chi connectivity index (χ4n) is 2.09. The molecule has 19 heavy (non-hydrogen) atoms. The van der Waals surface area contributed by atoms with Crippen molar-refractivity contribution in [1.82, 2.24) is 0 Å². The molecule has 0 N–H and O–H groups in total. The van der Waals surface area contributed by atoms with Gasteiger partial charge in [0.25, 0.3) is 0 Å². The lowest BCUT2D eigenvalue weighted by Crippen LogP contribution is -2.27. The number of carbonyl (C=O) groups is 1. The minimum atomic E-state index is -4.51. The van der Waals surface area contributed by atoms with Gasteiger partial charge in [-0.2, -0.15) is 13.2 Å². The van der Waals surface area contributed by atoms with Crippen molar-refractivity contribution in [3.05, 3.63) is 28.8 Å². The van der Waals surface area contributed by atoms with Crippen molar-refractivity contribution in [2.24, 2.45) is 5.92 Å². The van der Waals surface area contributed by atoms with Crippen molar-refractivity contribution in [3.63, 3.8) is 0 Å². The van der Waals surface area contributed by atoms with E-state index in [1.54, 1.807) is 0 Å². The van der Waals surface area contributed by atoms with Gasteiger partial charge in [0.1, 0.15) is 0 Å². The van der Waals surface area contributed by atoms with E-state index in [0.29, 0.717) is 5.33 Å². The molecule has 0 aliphatic carbocycles. The number of alkyl halides is 4. The van der Waals surface area contributed by atoms with Crippen LogP contribution in [0, 0.1) is 5.92 Å². The SMILES string of the molecule is O=C1CC(CBr)CN1c1cc(Cl)ccc1C(F)(F)F. The van der Waals surface area contributed by atoms with Crippen LogP contribution in [0.4, 0.5) is 18.9 Å². The van der Waals surface area contributed by atoms with Gasteiger partial charge in [-0.25, -0.2) is 0 Å². The monoisotopic (exact) mass is 355 g/mol. The maximum absolute atomic E-state index is 12.9. The lowest BCUT2D eigenvalue weighted by molar-refractivity contribution is -0.137. The molecule has 1 aliphatic rings. The summed E-state index contributed by atoms with van der Waals surface area (Å²) in [6.45, 7) is 0.271. The molecule has 1 amide bonds. The molecule has 1 atom stereocenters. The molecule has 0 spiro atoms. The van der Waals surface area contributed by atoms with Gasteiger partial charge in [-0.3, -0.25) is 4.79 Å². The predicted molar refractivity (Wildman–Crippen MR) is 70.7 cm³/mol. The van der Waals surface area contributed by atoms with E-state index in [4.69, 9.17) is 11.6 Å². The molecule has 1 aliphatic heterocycles. The summed E-state index contributed by atoms with van der Waals surface area (Å²) in [4.78, 5) is 13.0. The lowest BCUT2D eigenvalue weighted by atomic mass is 10.1. The molecule has 1 aromatic carbocycles.